The van der Waals surface area contributed by atoms with E-state index in [9.17, 15) is 5.11 Å². The van der Waals surface area contributed by atoms with Crippen molar-refractivity contribution in [1.29, 1.82) is 0 Å². The zero-order valence-electron chi connectivity index (χ0n) is 9.39. The van der Waals surface area contributed by atoms with Crippen LogP contribution in [0.4, 0.5) is 0 Å². The molecule has 1 atom stereocenters. The molecule has 1 unspecified atom stereocenters. The number of thiophene rings is 1. The lowest BCUT2D eigenvalue weighted by atomic mass is 10.3. The molecule has 0 saturated carbocycles. The van der Waals surface area contributed by atoms with Gasteiger partial charge in [-0.2, -0.15) is 0 Å². The second-order valence-corrected chi connectivity index (χ2v) is 6.58. The molecule has 0 radical (unpaired) electrons. The Balaban J connectivity index is 1.92. The molecular weight excluding hydrogens is 272 g/mol. The van der Waals surface area contributed by atoms with Crippen LogP contribution in [0.15, 0.2) is 41.3 Å². The van der Waals surface area contributed by atoms with Crippen molar-refractivity contribution >= 4 is 34.7 Å². The molecule has 1 heterocycles. The van der Waals surface area contributed by atoms with Crippen molar-refractivity contribution in [3.63, 3.8) is 0 Å². The Kier molecular flexibility index (Phi) is 4.51. The van der Waals surface area contributed by atoms with Crippen molar-refractivity contribution in [2.24, 2.45) is 0 Å². The third-order valence-electron chi connectivity index (χ3n) is 2.31. The highest BCUT2D eigenvalue weighted by Crippen LogP contribution is 2.29. The highest BCUT2D eigenvalue weighted by Gasteiger charge is 2.10. The van der Waals surface area contributed by atoms with Crippen molar-refractivity contribution < 1.29 is 5.11 Å². The second kappa shape index (κ2) is 5.91. The maximum Gasteiger partial charge on any atom is 0.0975 e. The van der Waals surface area contributed by atoms with Crippen LogP contribution in [0, 0.1) is 6.92 Å². The van der Waals surface area contributed by atoms with Gasteiger partial charge in [-0.25, -0.2) is 0 Å². The van der Waals surface area contributed by atoms with E-state index in [-0.39, 0.29) is 0 Å². The molecule has 0 fully saturated rings. The van der Waals surface area contributed by atoms with Crippen LogP contribution < -0.4 is 0 Å². The van der Waals surface area contributed by atoms with Crippen LogP contribution in [0.3, 0.4) is 0 Å². The number of hydrogen-bond donors (Lipinski definition) is 1. The molecule has 0 aliphatic carbocycles. The van der Waals surface area contributed by atoms with E-state index in [0.29, 0.717) is 5.75 Å². The first-order valence-electron chi connectivity index (χ1n) is 5.28. The van der Waals surface area contributed by atoms with Gasteiger partial charge in [0.15, 0.2) is 0 Å². The van der Waals surface area contributed by atoms with Gasteiger partial charge in [-0.05, 0) is 43.3 Å². The average molecular weight is 285 g/mol. The number of aliphatic hydroxyl groups excluding tert-OH is 1. The van der Waals surface area contributed by atoms with Crippen LogP contribution in [-0.2, 0) is 0 Å². The fourth-order valence-electron chi connectivity index (χ4n) is 1.42. The Morgan fingerprint density at radius 3 is 2.53 bits per heavy atom. The molecule has 1 aromatic carbocycles. The fourth-order valence-corrected chi connectivity index (χ4v) is 3.37. The molecular formula is C13H13ClOS2. The minimum absolute atomic E-state index is 0.394. The predicted molar refractivity (Wildman–Crippen MR) is 76.2 cm³/mol. The number of aryl methyl sites for hydroxylation is 1. The SMILES string of the molecule is Cc1ccc(C(O)CSc2ccc(Cl)cc2)s1. The Morgan fingerprint density at radius 1 is 1.24 bits per heavy atom. The van der Waals surface area contributed by atoms with Crippen molar-refractivity contribution in [3.8, 4) is 0 Å². The van der Waals surface area contributed by atoms with E-state index in [1.54, 1.807) is 23.1 Å². The highest BCUT2D eigenvalue weighted by molar-refractivity contribution is 7.99. The van der Waals surface area contributed by atoms with Gasteiger partial charge in [-0.15, -0.1) is 23.1 Å². The van der Waals surface area contributed by atoms with Gasteiger partial charge < -0.3 is 5.11 Å². The van der Waals surface area contributed by atoms with Gasteiger partial charge in [0.05, 0.1) is 6.10 Å². The fraction of sp³-hybridized carbons (Fsp3) is 0.231. The van der Waals surface area contributed by atoms with Gasteiger partial charge >= 0.3 is 0 Å². The minimum atomic E-state index is -0.394. The average Bonchev–Trinajstić information content (AvgIpc) is 2.75. The first-order chi connectivity index (χ1) is 8.15. The lowest BCUT2D eigenvalue weighted by Crippen LogP contribution is -1.97. The molecule has 17 heavy (non-hydrogen) atoms. The molecule has 1 N–H and O–H groups in total. The summed E-state index contributed by atoms with van der Waals surface area (Å²) in [5.41, 5.74) is 0. The summed E-state index contributed by atoms with van der Waals surface area (Å²) < 4.78 is 0. The number of rotatable bonds is 4. The number of hydrogen-bond acceptors (Lipinski definition) is 3. The predicted octanol–water partition coefficient (Wildman–Crippen LogP) is 4.54. The summed E-state index contributed by atoms with van der Waals surface area (Å²) in [7, 11) is 0. The molecule has 1 nitrogen and oxygen atoms in total. The summed E-state index contributed by atoms with van der Waals surface area (Å²) >= 11 is 9.10. The lowest BCUT2D eigenvalue weighted by Gasteiger charge is -2.08. The summed E-state index contributed by atoms with van der Waals surface area (Å²) in [5.74, 6) is 0.668. The van der Waals surface area contributed by atoms with E-state index in [2.05, 4.69) is 0 Å². The van der Waals surface area contributed by atoms with Gasteiger partial charge in [0.25, 0.3) is 0 Å². The lowest BCUT2D eigenvalue weighted by molar-refractivity contribution is 0.208. The summed E-state index contributed by atoms with van der Waals surface area (Å²) in [5, 5.41) is 10.8. The minimum Gasteiger partial charge on any atom is -0.387 e. The number of aliphatic hydroxyl groups is 1. The normalized spacial score (nSPS) is 12.6. The molecule has 1 aromatic heterocycles. The largest absolute Gasteiger partial charge is 0.387 e. The van der Waals surface area contributed by atoms with E-state index in [1.165, 1.54) is 4.88 Å². The number of benzene rings is 1. The van der Waals surface area contributed by atoms with Crippen LogP contribution in [-0.4, -0.2) is 10.9 Å². The van der Waals surface area contributed by atoms with E-state index >= 15 is 0 Å². The van der Waals surface area contributed by atoms with E-state index in [1.807, 2.05) is 43.3 Å². The maximum atomic E-state index is 10.0. The maximum absolute atomic E-state index is 10.0. The first-order valence-corrected chi connectivity index (χ1v) is 7.46. The van der Waals surface area contributed by atoms with Crippen LogP contribution in [0.2, 0.25) is 5.02 Å². The Morgan fingerprint density at radius 2 is 1.94 bits per heavy atom. The van der Waals surface area contributed by atoms with Crippen molar-refractivity contribution in [2.75, 3.05) is 5.75 Å². The van der Waals surface area contributed by atoms with Crippen LogP contribution in [0.25, 0.3) is 0 Å². The molecule has 2 rings (SSSR count). The van der Waals surface area contributed by atoms with E-state index < -0.39 is 6.10 Å². The molecule has 0 saturated heterocycles. The first kappa shape index (κ1) is 13.0. The summed E-state index contributed by atoms with van der Waals surface area (Å²) in [6.07, 6.45) is -0.394. The molecule has 2 aromatic rings. The Labute approximate surface area is 114 Å². The third kappa shape index (κ3) is 3.75. The Bertz CT molecular complexity index is 478. The topological polar surface area (TPSA) is 20.2 Å². The van der Waals surface area contributed by atoms with Gasteiger partial charge in [-0.1, -0.05) is 11.6 Å². The molecule has 0 spiro atoms. The molecule has 90 valence electrons. The third-order valence-corrected chi connectivity index (χ3v) is 4.75. The summed E-state index contributed by atoms with van der Waals surface area (Å²) in [6, 6.07) is 11.7. The zero-order valence-corrected chi connectivity index (χ0v) is 11.8. The van der Waals surface area contributed by atoms with Crippen molar-refractivity contribution in [1.82, 2.24) is 0 Å². The van der Waals surface area contributed by atoms with E-state index in [4.69, 9.17) is 11.6 Å². The van der Waals surface area contributed by atoms with Crippen molar-refractivity contribution in [2.45, 2.75) is 17.9 Å². The van der Waals surface area contributed by atoms with Gasteiger partial charge in [0, 0.05) is 25.4 Å². The molecule has 4 heteroatoms. The quantitative estimate of drug-likeness (QED) is 0.832. The number of halogens is 1. The molecule has 0 aliphatic heterocycles. The number of thioether (sulfide) groups is 1. The molecule has 0 bridgehead atoms. The van der Waals surface area contributed by atoms with Crippen molar-refractivity contribution in [3.05, 3.63) is 51.2 Å². The van der Waals surface area contributed by atoms with Gasteiger partial charge in [0.1, 0.15) is 0 Å². The van der Waals surface area contributed by atoms with Crippen LogP contribution in [0.5, 0.6) is 0 Å². The highest BCUT2D eigenvalue weighted by atomic mass is 35.5. The standard InChI is InChI=1S/C13H13ClOS2/c1-9-2-7-13(17-9)12(15)8-16-11-5-3-10(14)4-6-11/h2-7,12,15H,8H2,1H3. The van der Waals surface area contributed by atoms with Gasteiger partial charge in [-0.3, -0.25) is 0 Å². The van der Waals surface area contributed by atoms with Crippen LogP contribution in [0.1, 0.15) is 15.9 Å². The summed E-state index contributed by atoms with van der Waals surface area (Å²) in [4.78, 5) is 3.39. The molecule has 0 aliphatic rings. The smallest absolute Gasteiger partial charge is 0.0975 e. The monoisotopic (exact) mass is 284 g/mol. The molecule has 0 amide bonds. The second-order valence-electron chi connectivity index (χ2n) is 3.73. The summed E-state index contributed by atoms with van der Waals surface area (Å²) in [6.45, 7) is 2.05. The zero-order chi connectivity index (χ0) is 12.3. The Hall–Kier alpha value is -0.480. The van der Waals surface area contributed by atoms with Gasteiger partial charge in [0.2, 0.25) is 0 Å². The van der Waals surface area contributed by atoms with Crippen LogP contribution >= 0.6 is 34.7 Å². The van der Waals surface area contributed by atoms with E-state index in [0.717, 1.165) is 14.8 Å².